The van der Waals surface area contributed by atoms with Crippen molar-refractivity contribution < 1.29 is 15.0 Å². The van der Waals surface area contributed by atoms with E-state index in [-0.39, 0.29) is 11.2 Å². The molecule has 1 aromatic carbocycles. The van der Waals surface area contributed by atoms with Crippen molar-refractivity contribution >= 4 is 17.7 Å². The molecule has 0 saturated heterocycles. The predicted octanol–water partition coefficient (Wildman–Crippen LogP) is 3.50. The summed E-state index contributed by atoms with van der Waals surface area (Å²) in [5.74, 6) is -0.741. The first-order valence-electron chi connectivity index (χ1n) is 5.21. The van der Waals surface area contributed by atoms with E-state index in [4.69, 9.17) is 5.11 Å². The minimum absolute atomic E-state index is 0.203. The summed E-state index contributed by atoms with van der Waals surface area (Å²) >= 11 is 1.40. The van der Waals surface area contributed by atoms with Crippen LogP contribution >= 0.6 is 11.8 Å². The average Bonchev–Trinajstić information content (AvgIpc) is 2.18. The Balaban J connectivity index is 2.95. The van der Waals surface area contributed by atoms with Crippen LogP contribution in [0, 0.1) is 5.41 Å². The van der Waals surface area contributed by atoms with E-state index in [0.29, 0.717) is 0 Å². The highest BCUT2D eigenvalue weighted by Gasteiger charge is 2.19. The van der Waals surface area contributed by atoms with Crippen LogP contribution in [0.5, 0.6) is 5.75 Å². The number of hydrogen-bond donors (Lipinski definition) is 2. The third kappa shape index (κ3) is 4.53. The first-order valence-corrected chi connectivity index (χ1v) is 6.02. The first kappa shape index (κ1) is 13.6. The van der Waals surface area contributed by atoms with E-state index in [1.54, 1.807) is 24.3 Å². The Morgan fingerprint density at radius 3 is 2.18 bits per heavy atom. The summed E-state index contributed by atoms with van der Waals surface area (Å²) in [6.07, 6.45) is 1.23. The third-order valence-corrected chi connectivity index (χ3v) is 3.52. The van der Waals surface area contributed by atoms with Gasteiger partial charge in [-0.15, -0.1) is 0 Å². The zero-order chi connectivity index (χ0) is 13.1. The lowest BCUT2D eigenvalue weighted by atomic mass is 9.96. The number of carboxylic acids is 1. The molecule has 1 aromatic rings. The van der Waals surface area contributed by atoms with Gasteiger partial charge in [0.2, 0.25) is 0 Å². The minimum atomic E-state index is -0.943. The number of carbonyl (C=O) groups is 1. The molecule has 2 N–H and O–H groups in total. The fourth-order valence-corrected chi connectivity index (χ4v) is 2.14. The van der Waals surface area contributed by atoms with E-state index in [0.717, 1.165) is 9.80 Å². The minimum Gasteiger partial charge on any atom is -0.508 e. The number of aliphatic carboxylic acids is 1. The van der Waals surface area contributed by atoms with Gasteiger partial charge in [-0.3, -0.25) is 0 Å². The van der Waals surface area contributed by atoms with Crippen molar-refractivity contribution in [3.63, 3.8) is 0 Å². The molecule has 0 atom stereocenters. The summed E-state index contributed by atoms with van der Waals surface area (Å²) < 4.78 is 0. The Morgan fingerprint density at radius 1 is 1.24 bits per heavy atom. The molecule has 0 aromatic heterocycles. The zero-order valence-corrected chi connectivity index (χ0v) is 10.9. The van der Waals surface area contributed by atoms with Crippen LogP contribution in [0.25, 0.3) is 0 Å². The fourth-order valence-electron chi connectivity index (χ4n) is 1.15. The number of phenols is 1. The molecule has 0 spiro atoms. The second kappa shape index (κ2) is 5.27. The Bertz CT molecular complexity index is 427. The summed E-state index contributed by atoms with van der Waals surface area (Å²) in [5.41, 5.74) is -0.221. The monoisotopic (exact) mass is 252 g/mol. The normalized spacial score (nSPS) is 12.5. The molecule has 92 valence electrons. The highest BCUT2D eigenvalue weighted by Crippen LogP contribution is 2.39. The number of hydrogen-bond acceptors (Lipinski definition) is 3. The van der Waals surface area contributed by atoms with Crippen molar-refractivity contribution in [3.8, 4) is 5.75 Å². The third-order valence-electron chi connectivity index (χ3n) is 2.06. The van der Waals surface area contributed by atoms with Crippen molar-refractivity contribution in [1.82, 2.24) is 0 Å². The molecule has 0 bridgehead atoms. The molecule has 0 heterocycles. The van der Waals surface area contributed by atoms with Gasteiger partial charge in [0, 0.05) is 15.9 Å². The molecule has 0 fully saturated rings. The van der Waals surface area contributed by atoms with Crippen LogP contribution < -0.4 is 0 Å². The van der Waals surface area contributed by atoms with E-state index < -0.39 is 5.97 Å². The summed E-state index contributed by atoms with van der Waals surface area (Å²) in [5, 5.41) is 18.0. The molecule has 0 aliphatic heterocycles. The predicted molar refractivity (Wildman–Crippen MR) is 69.1 cm³/mol. The van der Waals surface area contributed by atoms with Crippen LogP contribution in [0.2, 0.25) is 0 Å². The maximum atomic E-state index is 10.8. The van der Waals surface area contributed by atoms with Gasteiger partial charge < -0.3 is 10.2 Å². The number of allylic oxidation sites excluding steroid dienone is 1. The van der Waals surface area contributed by atoms with Gasteiger partial charge in [-0.05, 0) is 29.7 Å². The summed E-state index contributed by atoms with van der Waals surface area (Å²) in [6.45, 7) is 5.90. The molecule has 3 nitrogen and oxygen atoms in total. The molecule has 4 heteroatoms. The lowest BCUT2D eigenvalue weighted by Gasteiger charge is -2.21. The van der Waals surface area contributed by atoms with Gasteiger partial charge in [0.15, 0.2) is 0 Å². The molecule has 0 radical (unpaired) electrons. The lowest BCUT2D eigenvalue weighted by Crippen LogP contribution is -2.08. The van der Waals surface area contributed by atoms with E-state index in [1.807, 2.05) is 20.8 Å². The van der Waals surface area contributed by atoms with Crippen LogP contribution in [0.1, 0.15) is 20.8 Å². The highest BCUT2D eigenvalue weighted by molar-refractivity contribution is 8.03. The van der Waals surface area contributed by atoms with Crippen LogP contribution in [0.15, 0.2) is 40.1 Å². The second-order valence-electron chi connectivity index (χ2n) is 4.69. The smallest absolute Gasteiger partial charge is 0.329 e. The number of benzene rings is 1. The van der Waals surface area contributed by atoms with E-state index in [1.165, 1.54) is 17.8 Å². The van der Waals surface area contributed by atoms with Crippen molar-refractivity contribution in [2.24, 2.45) is 5.41 Å². The molecule has 1 rings (SSSR count). The van der Waals surface area contributed by atoms with Gasteiger partial charge in [0.1, 0.15) is 5.75 Å². The molecule has 0 aliphatic rings. The summed E-state index contributed by atoms with van der Waals surface area (Å²) in [4.78, 5) is 12.5. The maximum Gasteiger partial charge on any atom is 0.329 e. The van der Waals surface area contributed by atoms with Gasteiger partial charge in [0.05, 0.1) is 0 Å². The highest BCUT2D eigenvalue weighted by atomic mass is 32.2. The first-order chi connectivity index (χ1) is 7.79. The van der Waals surface area contributed by atoms with E-state index in [2.05, 4.69) is 0 Å². The van der Waals surface area contributed by atoms with Gasteiger partial charge in [-0.2, -0.15) is 0 Å². The largest absolute Gasteiger partial charge is 0.508 e. The molecular formula is C13H16O3S. The molecule has 0 aliphatic carbocycles. The lowest BCUT2D eigenvalue weighted by molar-refractivity contribution is -0.131. The van der Waals surface area contributed by atoms with Gasteiger partial charge in [-0.1, -0.05) is 32.5 Å². The number of thioether (sulfide) groups is 1. The van der Waals surface area contributed by atoms with Crippen LogP contribution in [0.4, 0.5) is 0 Å². The molecular weight excluding hydrogens is 236 g/mol. The van der Waals surface area contributed by atoms with Crippen molar-refractivity contribution in [2.45, 2.75) is 25.7 Å². The van der Waals surface area contributed by atoms with E-state index in [9.17, 15) is 9.90 Å². The maximum absolute atomic E-state index is 10.8. The quantitative estimate of drug-likeness (QED) is 0.638. The van der Waals surface area contributed by atoms with Crippen LogP contribution in [-0.4, -0.2) is 16.2 Å². The standard InChI is InChI=1S/C13H16O3S/c1-13(2,3)11(8-12(15)16)17-10-6-4-9(14)5-7-10/h4-8,14H,1-3H3,(H,15,16)/b11-8-. The topological polar surface area (TPSA) is 57.5 Å². The van der Waals surface area contributed by atoms with Gasteiger partial charge >= 0.3 is 5.97 Å². The summed E-state index contributed by atoms with van der Waals surface area (Å²) in [6, 6.07) is 6.70. The zero-order valence-electron chi connectivity index (χ0n) is 10.1. The average molecular weight is 252 g/mol. The Hall–Kier alpha value is -1.42. The number of aromatic hydroxyl groups is 1. The van der Waals surface area contributed by atoms with Crippen LogP contribution in [-0.2, 0) is 4.79 Å². The molecule has 17 heavy (non-hydrogen) atoms. The molecule has 0 amide bonds. The number of carboxylic acid groups (broad SMARTS) is 1. The van der Waals surface area contributed by atoms with Crippen molar-refractivity contribution in [1.29, 1.82) is 0 Å². The number of phenolic OH excluding ortho intramolecular Hbond substituents is 1. The summed E-state index contributed by atoms with van der Waals surface area (Å²) in [7, 11) is 0. The fraction of sp³-hybridized carbons (Fsp3) is 0.308. The van der Waals surface area contributed by atoms with Crippen molar-refractivity contribution in [2.75, 3.05) is 0 Å². The number of rotatable bonds is 3. The molecule has 0 saturated carbocycles. The second-order valence-corrected chi connectivity index (χ2v) is 5.81. The Labute approximate surface area is 105 Å². The van der Waals surface area contributed by atoms with Crippen LogP contribution in [0.3, 0.4) is 0 Å². The SMILES string of the molecule is CC(C)(C)/C(=C/C(=O)O)Sc1ccc(O)cc1. The van der Waals surface area contributed by atoms with E-state index >= 15 is 0 Å². The Morgan fingerprint density at radius 2 is 1.76 bits per heavy atom. The van der Waals surface area contributed by atoms with Crippen molar-refractivity contribution in [3.05, 3.63) is 35.2 Å². The van der Waals surface area contributed by atoms with Gasteiger partial charge in [0.25, 0.3) is 0 Å². The van der Waals surface area contributed by atoms with Gasteiger partial charge in [-0.25, -0.2) is 4.79 Å². The Kier molecular flexibility index (Phi) is 4.23. The molecule has 0 unspecified atom stereocenters.